The third-order valence-electron chi connectivity index (χ3n) is 8.84. The molecule has 2 aromatic rings. The van der Waals surface area contributed by atoms with E-state index in [0.717, 1.165) is 69.7 Å². The number of benzene rings is 1. The lowest BCUT2D eigenvalue weighted by atomic mass is 9.97. The Morgan fingerprint density at radius 2 is 1.79 bits per heavy atom. The maximum atomic E-state index is 12.9. The molecule has 0 saturated carbocycles. The minimum atomic E-state index is -0.750. The highest BCUT2D eigenvalue weighted by Crippen LogP contribution is 2.30. The molecule has 228 valence electrons. The van der Waals surface area contributed by atoms with E-state index >= 15 is 0 Å². The van der Waals surface area contributed by atoms with E-state index in [9.17, 15) is 14.7 Å². The zero-order valence-corrected chi connectivity index (χ0v) is 25.5. The van der Waals surface area contributed by atoms with E-state index in [1.807, 2.05) is 18.2 Å². The van der Waals surface area contributed by atoms with E-state index in [0.29, 0.717) is 48.9 Å². The molecule has 0 bridgehead atoms. The van der Waals surface area contributed by atoms with Crippen molar-refractivity contribution in [1.82, 2.24) is 24.7 Å². The number of amides is 2. The number of hydrogen-bond donors (Lipinski definition) is 3. The highest BCUT2D eigenvalue weighted by atomic mass is 35.5. The molecule has 1 aromatic carbocycles. The van der Waals surface area contributed by atoms with Crippen LogP contribution in [0.3, 0.4) is 0 Å². The van der Waals surface area contributed by atoms with Gasteiger partial charge in [0.2, 0.25) is 5.91 Å². The lowest BCUT2D eigenvalue weighted by Crippen LogP contribution is -2.58. The zero-order chi connectivity index (χ0) is 30.0. The fourth-order valence-electron chi connectivity index (χ4n) is 6.51. The van der Waals surface area contributed by atoms with Crippen LogP contribution in [0.2, 0.25) is 10.2 Å². The number of hydrogen-bond acceptors (Lipinski definition) is 9. The first kappa shape index (κ1) is 30.7. The quantitative estimate of drug-likeness (QED) is 0.405. The smallest absolute Gasteiger partial charge is 0.271 e. The second kappa shape index (κ2) is 13.3. The Bertz CT molecular complexity index is 1310. The Morgan fingerprint density at radius 1 is 1.02 bits per heavy atom. The fraction of sp³-hybridized carbons (Fsp3) is 0.586. The lowest BCUT2D eigenvalue weighted by Gasteiger charge is -2.47. The van der Waals surface area contributed by atoms with E-state index in [-0.39, 0.29) is 22.6 Å². The number of nitrogens with two attached hydrogens (primary N) is 2. The average molecular weight is 620 g/mol. The van der Waals surface area contributed by atoms with Gasteiger partial charge in [-0.1, -0.05) is 36.2 Å². The fourth-order valence-corrected chi connectivity index (χ4v) is 6.95. The summed E-state index contributed by atoms with van der Waals surface area (Å²) in [5, 5.41) is 10.6. The van der Waals surface area contributed by atoms with Crippen LogP contribution in [0, 0.1) is 0 Å². The van der Waals surface area contributed by atoms with Crippen molar-refractivity contribution in [2.24, 2.45) is 5.73 Å². The molecule has 2 atom stereocenters. The number of aliphatic hydroxyl groups is 1. The van der Waals surface area contributed by atoms with Crippen LogP contribution in [0.15, 0.2) is 18.2 Å². The number of aromatic nitrogens is 2. The molecule has 0 aliphatic carbocycles. The highest BCUT2D eigenvalue weighted by molar-refractivity contribution is 6.32. The predicted molar refractivity (Wildman–Crippen MR) is 164 cm³/mol. The van der Waals surface area contributed by atoms with Crippen molar-refractivity contribution in [3.8, 4) is 0 Å². The molecule has 0 radical (unpaired) electrons. The number of nitrogens with zero attached hydrogens (tertiary/aromatic N) is 6. The summed E-state index contributed by atoms with van der Waals surface area (Å²) in [6, 6.07) is 6.64. The first-order valence-corrected chi connectivity index (χ1v) is 15.5. The van der Waals surface area contributed by atoms with Gasteiger partial charge in [-0.2, -0.15) is 0 Å². The first-order chi connectivity index (χ1) is 20.1. The summed E-state index contributed by atoms with van der Waals surface area (Å²) >= 11 is 12.7. The Balaban J connectivity index is 1.18. The number of piperidine rings is 1. The van der Waals surface area contributed by atoms with E-state index < -0.39 is 12.0 Å². The summed E-state index contributed by atoms with van der Waals surface area (Å²) < 4.78 is 0. The number of piperazine rings is 1. The van der Waals surface area contributed by atoms with Gasteiger partial charge in [0.15, 0.2) is 22.5 Å². The predicted octanol–water partition coefficient (Wildman–Crippen LogP) is 2.17. The molecule has 3 saturated heterocycles. The normalized spacial score (nSPS) is 22.6. The van der Waals surface area contributed by atoms with Crippen molar-refractivity contribution in [3.05, 3.63) is 45.2 Å². The summed E-state index contributed by atoms with van der Waals surface area (Å²) in [6.45, 7) is 8.27. The largest absolute Gasteiger partial charge is 0.391 e. The standard InChI is InChI=1S/C29H40Cl2N8O3/c1-2-21-16-38(29-26(31)34-25(28(33)42)27(32)35-29)11-12-39(21)22-5-8-36(9-6-22)15-18-3-4-20(30)13-19(18)14-24(41)37-10-7-23(40)17-37/h3-4,13,21-23,40H,2,5-12,14-17H2,1H3,(H2,32,35)(H2,33,42)/t21-,23-/m0/s1. The number of nitrogen functional groups attached to an aromatic ring is 1. The van der Waals surface area contributed by atoms with Crippen molar-refractivity contribution < 1.29 is 14.7 Å². The van der Waals surface area contributed by atoms with Gasteiger partial charge in [0.1, 0.15) is 0 Å². The van der Waals surface area contributed by atoms with Crippen LogP contribution in [0.25, 0.3) is 0 Å². The number of halogens is 2. The minimum absolute atomic E-state index is 0.00666. The number of likely N-dealkylation sites (tertiary alicyclic amines) is 2. The van der Waals surface area contributed by atoms with Gasteiger partial charge in [-0.25, -0.2) is 9.97 Å². The second-order valence-corrected chi connectivity index (χ2v) is 12.4. The van der Waals surface area contributed by atoms with Crippen molar-refractivity contribution in [2.75, 3.05) is 56.4 Å². The van der Waals surface area contributed by atoms with Crippen molar-refractivity contribution >= 4 is 46.7 Å². The summed E-state index contributed by atoms with van der Waals surface area (Å²) in [5.74, 6) is -0.227. The van der Waals surface area contributed by atoms with E-state index in [1.54, 1.807) is 4.90 Å². The van der Waals surface area contributed by atoms with Gasteiger partial charge in [-0.15, -0.1) is 0 Å². The molecule has 3 aliphatic rings. The number of carbonyl (C=O) groups is 2. The van der Waals surface area contributed by atoms with E-state index in [2.05, 4.69) is 31.6 Å². The van der Waals surface area contributed by atoms with E-state index in [4.69, 9.17) is 34.7 Å². The average Bonchev–Trinajstić information content (AvgIpc) is 3.42. The van der Waals surface area contributed by atoms with Gasteiger partial charge >= 0.3 is 0 Å². The van der Waals surface area contributed by atoms with Crippen LogP contribution < -0.4 is 16.4 Å². The molecule has 11 nitrogen and oxygen atoms in total. The maximum Gasteiger partial charge on any atom is 0.271 e. The zero-order valence-electron chi connectivity index (χ0n) is 24.0. The van der Waals surface area contributed by atoms with Crippen LogP contribution in [-0.4, -0.2) is 106 Å². The van der Waals surface area contributed by atoms with Crippen LogP contribution in [0.4, 0.5) is 11.6 Å². The SMILES string of the molecule is CC[C@H]1CN(c2nc(N)c(C(N)=O)nc2Cl)CCN1C1CCN(Cc2ccc(Cl)cc2CC(=O)N2CC[C@H](O)C2)CC1. The molecule has 3 aliphatic heterocycles. The van der Waals surface area contributed by atoms with Crippen molar-refractivity contribution in [1.29, 1.82) is 0 Å². The summed E-state index contributed by atoms with van der Waals surface area (Å²) in [4.78, 5) is 41.9. The van der Waals surface area contributed by atoms with Crippen molar-refractivity contribution in [3.63, 3.8) is 0 Å². The number of rotatable bonds is 8. The first-order valence-electron chi connectivity index (χ1n) is 14.7. The lowest BCUT2D eigenvalue weighted by molar-refractivity contribution is -0.129. The van der Waals surface area contributed by atoms with Crippen LogP contribution in [0.5, 0.6) is 0 Å². The van der Waals surface area contributed by atoms with E-state index in [1.165, 1.54) is 0 Å². The molecule has 4 heterocycles. The molecular weight excluding hydrogens is 579 g/mol. The molecule has 2 amide bonds. The third-order valence-corrected chi connectivity index (χ3v) is 9.33. The van der Waals surface area contributed by atoms with Gasteiger partial charge in [0, 0.05) is 56.4 Å². The molecule has 0 unspecified atom stereocenters. The van der Waals surface area contributed by atoms with Gasteiger partial charge < -0.3 is 26.4 Å². The molecule has 0 spiro atoms. The van der Waals surface area contributed by atoms with Gasteiger partial charge in [-0.05, 0) is 62.0 Å². The van der Waals surface area contributed by atoms with Crippen molar-refractivity contribution in [2.45, 2.75) is 63.8 Å². The maximum absolute atomic E-state index is 12.9. The number of anilines is 2. The second-order valence-electron chi connectivity index (χ2n) is 11.6. The van der Waals surface area contributed by atoms with Crippen LogP contribution >= 0.6 is 23.2 Å². The summed E-state index contributed by atoms with van der Waals surface area (Å²) in [5.41, 5.74) is 13.3. The Morgan fingerprint density at radius 3 is 2.45 bits per heavy atom. The molecule has 5 rings (SSSR count). The molecule has 5 N–H and O–H groups in total. The minimum Gasteiger partial charge on any atom is -0.391 e. The van der Waals surface area contributed by atoms with Crippen LogP contribution in [-0.2, 0) is 17.8 Å². The molecule has 42 heavy (non-hydrogen) atoms. The molecular formula is C29H40Cl2N8O3. The number of carbonyl (C=O) groups excluding carboxylic acids is 2. The van der Waals surface area contributed by atoms with Gasteiger partial charge in [0.25, 0.3) is 5.91 Å². The Kier molecular flexibility index (Phi) is 9.74. The number of aliphatic hydroxyl groups excluding tert-OH is 1. The number of primary amides is 1. The Labute approximate surface area is 256 Å². The topological polar surface area (TPSA) is 145 Å². The molecule has 13 heteroatoms. The van der Waals surface area contributed by atoms with Gasteiger partial charge in [-0.3, -0.25) is 19.4 Å². The monoisotopic (exact) mass is 618 g/mol. The summed E-state index contributed by atoms with van der Waals surface area (Å²) in [6.07, 6.45) is 3.61. The summed E-state index contributed by atoms with van der Waals surface area (Å²) in [7, 11) is 0. The van der Waals surface area contributed by atoms with Crippen LogP contribution in [0.1, 0.15) is 54.2 Å². The third kappa shape index (κ3) is 6.92. The molecule has 1 aromatic heterocycles. The molecule has 3 fully saturated rings. The highest BCUT2D eigenvalue weighted by Gasteiger charge is 2.35. The Hall–Kier alpha value is -2.70. The number of β-amino-alcohol motifs (C(OH)–C–C–N with tert-alkyl or cyclic N) is 1. The van der Waals surface area contributed by atoms with Gasteiger partial charge in [0.05, 0.1) is 12.5 Å².